The molecule has 2 unspecified atom stereocenters. The molecule has 1 rings (SSSR count). The van der Waals surface area contributed by atoms with E-state index in [1.54, 1.807) is 4.90 Å². The molecule has 86 valence electrons. The molecule has 1 aliphatic rings. The summed E-state index contributed by atoms with van der Waals surface area (Å²) in [6.07, 6.45) is 1.33. The summed E-state index contributed by atoms with van der Waals surface area (Å²) < 4.78 is 0. The Morgan fingerprint density at radius 3 is 2.47 bits per heavy atom. The van der Waals surface area contributed by atoms with E-state index in [1.807, 2.05) is 20.8 Å². The number of amides is 1. The fourth-order valence-electron chi connectivity index (χ4n) is 2.18. The van der Waals surface area contributed by atoms with E-state index in [4.69, 9.17) is 0 Å². The number of carbonyl (C=O) groups excluding carboxylic acids is 2. The standard InChI is InChI=1S/C12H21NO2/c1-5-11(14)13-7-9(4)6-10(13)12(15)8(2)3/h8-10H,5-7H2,1-4H3. The minimum Gasteiger partial charge on any atom is -0.332 e. The smallest absolute Gasteiger partial charge is 0.222 e. The van der Waals surface area contributed by atoms with Gasteiger partial charge in [-0.1, -0.05) is 27.7 Å². The van der Waals surface area contributed by atoms with Crippen LogP contribution in [-0.4, -0.2) is 29.2 Å². The fraction of sp³-hybridized carbons (Fsp3) is 0.833. The summed E-state index contributed by atoms with van der Waals surface area (Å²) in [5, 5.41) is 0. The van der Waals surface area contributed by atoms with Crippen LogP contribution in [0.25, 0.3) is 0 Å². The third-order valence-corrected chi connectivity index (χ3v) is 3.03. The Hall–Kier alpha value is -0.860. The van der Waals surface area contributed by atoms with Crippen molar-refractivity contribution in [1.29, 1.82) is 0 Å². The normalized spacial score (nSPS) is 26.1. The quantitative estimate of drug-likeness (QED) is 0.714. The van der Waals surface area contributed by atoms with Crippen LogP contribution in [-0.2, 0) is 9.59 Å². The van der Waals surface area contributed by atoms with Crippen LogP contribution in [0.1, 0.15) is 40.5 Å². The lowest BCUT2D eigenvalue weighted by molar-refractivity contribution is -0.138. The van der Waals surface area contributed by atoms with E-state index in [0.29, 0.717) is 12.3 Å². The van der Waals surface area contributed by atoms with E-state index in [0.717, 1.165) is 13.0 Å². The van der Waals surface area contributed by atoms with E-state index in [9.17, 15) is 9.59 Å². The molecule has 15 heavy (non-hydrogen) atoms. The van der Waals surface area contributed by atoms with Gasteiger partial charge >= 0.3 is 0 Å². The summed E-state index contributed by atoms with van der Waals surface area (Å²) in [4.78, 5) is 25.4. The molecule has 0 saturated carbocycles. The van der Waals surface area contributed by atoms with Gasteiger partial charge in [-0.25, -0.2) is 0 Å². The third kappa shape index (κ3) is 2.58. The van der Waals surface area contributed by atoms with Crippen LogP contribution in [0.2, 0.25) is 0 Å². The Morgan fingerprint density at radius 1 is 1.40 bits per heavy atom. The average Bonchev–Trinajstić information content (AvgIpc) is 2.57. The first-order chi connectivity index (χ1) is 6.97. The number of ketones is 1. The number of hydrogen-bond acceptors (Lipinski definition) is 2. The summed E-state index contributed by atoms with van der Waals surface area (Å²) in [6.45, 7) is 8.50. The number of hydrogen-bond donors (Lipinski definition) is 0. The molecule has 0 bridgehead atoms. The van der Waals surface area contributed by atoms with Gasteiger partial charge in [0, 0.05) is 18.9 Å². The molecule has 1 heterocycles. The third-order valence-electron chi connectivity index (χ3n) is 3.03. The van der Waals surface area contributed by atoms with Crippen molar-refractivity contribution in [3.63, 3.8) is 0 Å². The van der Waals surface area contributed by atoms with Gasteiger partial charge in [0.1, 0.15) is 0 Å². The van der Waals surface area contributed by atoms with Crippen molar-refractivity contribution in [3.8, 4) is 0 Å². The zero-order valence-corrected chi connectivity index (χ0v) is 10.1. The number of likely N-dealkylation sites (tertiary alicyclic amines) is 1. The van der Waals surface area contributed by atoms with Gasteiger partial charge in [0.25, 0.3) is 0 Å². The molecule has 0 radical (unpaired) electrons. The first-order valence-corrected chi connectivity index (χ1v) is 5.80. The molecule has 1 amide bonds. The van der Waals surface area contributed by atoms with Crippen molar-refractivity contribution in [2.45, 2.75) is 46.6 Å². The molecule has 0 aromatic rings. The minimum absolute atomic E-state index is 0.0208. The lowest BCUT2D eigenvalue weighted by atomic mass is 9.97. The number of Topliss-reactive ketones (excluding diaryl/α,β-unsaturated/α-hetero) is 1. The fourth-order valence-corrected chi connectivity index (χ4v) is 2.18. The van der Waals surface area contributed by atoms with Crippen LogP contribution >= 0.6 is 0 Å². The highest BCUT2D eigenvalue weighted by Crippen LogP contribution is 2.25. The molecule has 0 spiro atoms. The van der Waals surface area contributed by atoms with E-state index in [2.05, 4.69) is 6.92 Å². The van der Waals surface area contributed by atoms with Crippen molar-refractivity contribution in [2.75, 3.05) is 6.54 Å². The zero-order chi connectivity index (χ0) is 11.6. The van der Waals surface area contributed by atoms with Gasteiger partial charge in [0.15, 0.2) is 5.78 Å². The first-order valence-electron chi connectivity index (χ1n) is 5.80. The van der Waals surface area contributed by atoms with E-state index in [-0.39, 0.29) is 23.7 Å². The molecule has 0 aliphatic carbocycles. The van der Waals surface area contributed by atoms with Gasteiger partial charge in [-0.05, 0) is 12.3 Å². The van der Waals surface area contributed by atoms with Crippen LogP contribution in [0.15, 0.2) is 0 Å². The maximum absolute atomic E-state index is 11.9. The predicted molar refractivity (Wildman–Crippen MR) is 59.4 cm³/mol. The minimum atomic E-state index is -0.160. The van der Waals surface area contributed by atoms with Crippen LogP contribution in [0, 0.1) is 11.8 Å². The van der Waals surface area contributed by atoms with Gasteiger partial charge in [-0.3, -0.25) is 9.59 Å². The van der Waals surface area contributed by atoms with Gasteiger partial charge in [0.05, 0.1) is 6.04 Å². The lowest BCUT2D eigenvalue weighted by Crippen LogP contribution is -2.41. The Morgan fingerprint density at radius 2 is 2.00 bits per heavy atom. The van der Waals surface area contributed by atoms with E-state index >= 15 is 0 Å². The average molecular weight is 211 g/mol. The number of carbonyl (C=O) groups is 2. The lowest BCUT2D eigenvalue weighted by Gasteiger charge is -2.24. The summed E-state index contributed by atoms with van der Waals surface area (Å²) in [5.74, 6) is 0.792. The highest BCUT2D eigenvalue weighted by molar-refractivity contribution is 5.90. The molecule has 1 aliphatic heterocycles. The van der Waals surface area contributed by atoms with Crippen LogP contribution in [0.5, 0.6) is 0 Å². The second kappa shape index (κ2) is 4.77. The van der Waals surface area contributed by atoms with Crippen LogP contribution in [0.4, 0.5) is 0 Å². The Balaban J connectivity index is 2.77. The second-order valence-electron chi connectivity index (χ2n) is 4.81. The molecule has 1 saturated heterocycles. The molecule has 3 nitrogen and oxygen atoms in total. The molecule has 0 N–H and O–H groups in total. The molecule has 1 fully saturated rings. The molecule has 0 aromatic heterocycles. The highest BCUT2D eigenvalue weighted by atomic mass is 16.2. The summed E-state index contributed by atoms with van der Waals surface area (Å²) in [7, 11) is 0. The highest BCUT2D eigenvalue weighted by Gasteiger charge is 2.37. The summed E-state index contributed by atoms with van der Waals surface area (Å²) in [5.41, 5.74) is 0. The van der Waals surface area contributed by atoms with Crippen molar-refractivity contribution >= 4 is 11.7 Å². The summed E-state index contributed by atoms with van der Waals surface area (Å²) in [6, 6.07) is -0.160. The van der Waals surface area contributed by atoms with Crippen molar-refractivity contribution in [3.05, 3.63) is 0 Å². The first kappa shape index (κ1) is 12.2. The van der Waals surface area contributed by atoms with Gasteiger partial charge < -0.3 is 4.90 Å². The van der Waals surface area contributed by atoms with E-state index < -0.39 is 0 Å². The van der Waals surface area contributed by atoms with Gasteiger partial charge in [0.2, 0.25) is 5.91 Å². The Bertz CT molecular complexity index is 260. The maximum atomic E-state index is 11.9. The van der Waals surface area contributed by atoms with Gasteiger partial charge in [-0.2, -0.15) is 0 Å². The Labute approximate surface area is 91.8 Å². The van der Waals surface area contributed by atoms with E-state index in [1.165, 1.54) is 0 Å². The molecule has 0 aromatic carbocycles. The van der Waals surface area contributed by atoms with Crippen LogP contribution in [0.3, 0.4) is 0 Å². The molecular formula is C12H21NO2. The van der Waals surface area contributed by atoms with Crippen molar-refractivity contribution in [2.24, 2.45) is 11.8 Å². The van der Waals surface area contributed by atoms with Crippen LogP contribution < -0.4 is 0 Å². The molecule has 3 heteroatoms. The van der Waals surface area contributed by atoms with Crippen molar-refractivity contribution < 1.29 is 9.59 Å². The predicted octanol–water partition coefficient (Wildman–Crippen LogP) is 1.86. The zero-order valence-electron chi connectivity index (χ0n) is 10.1. The number of rotatable bonds is 3. The monoisotopic (exact) mass is 211 g/mol. The molecular weight excluding hydrogens is 190 g/mol. The van der Waals surface area contributed by atoms with Gasteiger partial charge in [-0.15, -0.1) is 0 Å². The largest absolute Gasteiger partial charge is 0.332 e. The Kier molecular flexibility index (Phi) is 3.89. The SMILES string of the molecule is CCC(=O)N1CC(C)CC1C(=O)C(C)C. The molecule has 2 atom stereocenters. The topological polar surface area (TPSA) is 37.4 Å². The number of nitrogens with zero attached hydrogens (tertiary/aromatic N) is 1. The van der Waals surface area contributed by atoms with Crippen molar-refractivity contribution in [1.82, 2.24) is 4.90 Å². The second-order valence-corrected chi connectivity index (χ2v) is 4.81. The maximum Gasteiger partial charge on any atom is 0.222 e. The summed E-state index contributed by atoms with van der Waals surface area (Å²) >= 11 is 0.